The molecule has 0 saturated heterocycles. The molecule has 0 atom stereocenters. The number of fused-ring (bicyclic) bond motifs is 2. The second-order valence-electron chi connectivity index (χ2n) is 6.46. The maximum Gasteiger partial charge on any atom is 0.265 e. The average molecular weight is 346 g/mol. The molecule has 0 radical (unpaired) electrons. The van der Waals surface area contributed by atoms with E-state index in [4.69, 9.17) is 4.98 Å². The van der Waals surface area contributed by atoms with Crippen molar-refractivity contribution in [1.82, 2.24) is 4.98 Å². The van der Waals surface area contributed by atoms with Crippen LogP contribution in [0.25, 0.3) is 21.1 Å². The van der Waals surface area contributed by atoms with Crippen LogP contribution in [0.5, 0.6) is 0 Å². The number of hydrogen-bond donors (Lipinski definition) is 1. The molecule has 25 heavy (non-hydrogen) atoms. The van der Waals surface area contributed by atoms with Crippen LogP contribution in [0.3, 0.4) is 0 Å². The number of hydrogen-bond acceptors (Lipinski definition) is 3. The Bertz CT molecular complexity index is 1130. The monoisotopic (exact) mass is 346 g/mol. The second kappa shape index (κ2) is 5.97. The number of anilines is 1. The number of carbonyl (C=O) groups excluding carboxylic acids is 1. The van der Waals surface area contributed by atoms with Gasteiger partial charge in [-0.2, -0.15) is 0 Å². The molecular weight excluding hydrogens is 328 g/mol. The number of nitrogens with zero attached hydrogens (tertiary/aromatic N) is 1. The van der Waals surface area contributed by atoms with Crippen LogP contribution in [0.2, 0.25) is 0 Å². The molecule has 4 rings (SSSR count). The lowest BCUT2D eigenvalue weighted by Gasteiger charge is -2.07. The van der Waals surface area contributed by atoms with E-state index >= 15 is 0 Å². The first kappa shape index (κ1) is 15.8. The Balaban J connectivity index is 1.70. The highest BCUT2D eigenvalue weighted by Crippen LogP contribution is 2.29. The zero-order chi connectivity index (χ0) is 17.6. The predicted octanol–water partition coefficient (Wildman–Crippen LogP) is 5.63. The summed E-state index contributed by atoms with van der Waals surface area (Å²) in [4.78, 5) is 18.9. The third kappa shape index (κ3) is 3.01. The predicted molar refractivity (Wildman–Crippen MR) is 106 cm³/mol. The van der Waals surface area contributed by atoms with Gasteiger partial charge in [0.1, 0.15) is 4.83 Å². The van der Waals surface area contributed by atoms with E-state index in [9.17, 15) is 4.79 Å². The number of thiophene rings is 1. The number of nitrogens with one attached hydrogen (secondary N) is 1. The lowest BCUT2D eigenvalue weighted by atomic mass is 10.1. The Hall–Kier alpha value is -2.72. The number of amides is 1. The normalized spacial score (nSPS) is 11.2. The van der Waals surface area contributed by atoms with E-state index in [-0.39, 0.29) is 5.91 Å². The van der Waals surface area contributed by atoms with Gasteiger partial charge in [0.05, 0.1) is 10.4 Å². The molecule has 2 heterocycles. The zero-order valence-electron chi connectivity index (χ0n) is 14.4. The quantitative estimate of drug-likeness (QED) is 0.511. The van der Waals surface area contributed by atoms with Gasteiger partial charge in [0.15, 0.2) is 0 Å². The number of benzene rings is 2. The second-order valence-corrected chi connectivity index (χ2v) is 7.49. The summed E-state index contributed by atoms with van der Waals surface area (Å²) in [7, 11) is 0. The molecule has 0 aliphatic heterocycles. The van der Waals surface area contributed by atoms with Crippen molar-refractivity contribution in [3.05, 3.63) is 70.1 Å². The fourth-order valence-electron chi connectivity index (χ4n) is 3.00. The maximum absolute atomic E-state index is 12.6. The molecule has 1 N–H and O–H groups in total. The third-order valence-corrected chi connectivity index (χ3v) is 5.35. The molecule has 124 valence electrons. The molecule has 2 aromatic heterocycles. The highest BCUT2D eigenvalue weighted by Gasteiger charge is 2.13. The lowest BCUT2D eigenvalue weighted by molar-refractivity contribution is 0.103. The molecule has 0 aliphatic rings. The minimum atomic E-state index is -0.0878. The number of aryl methyl sites for hydroxylation is 3. The van der Waals surface area contributed by atoms with Crippen LogP contribution in [-0.2, 0) is 0 Å². The summed E-state index contributed by atoms with van der Waals surface area (Å²) >= 11 is 1.43. The molecule has 1 amide bonds. The molecule has 0 saturated carbocycles. The van der Waals surface area contributed by atoms with Crippen molar-refractivity contribution in [3.8, 4) is 0 Å². The Morgan fingerprint density at radius 3 is 2.48 bits per heavy atom. The van der Waals surface area contributed by atoms with Crippen LogP contribution in [0.4, 0.5) is 5.69 Å². The Morgan fingerprint density at radius 2 is 1.68 bits per heavy atom. The molecule has 3 nitrogen and oxygen atoms in total. The SMILES string of the molecule is Cc1ccc(NC(=O)c2cc3cc4cc(C)ccc4nc3s2)c(C)c1. The average Bonchev–Trinajstić information content (AvgIpc) is 2.98. The first-order chi connectivity index (χ1) is 12.0. The van der Waals surface area contributed by atoms with E-state index in [0.29, 0.717) is 4.88 Å². The van der Waals surface area contributed by atoms with Gasteiger partial charge < -0.3 is 5.32 Å². The molecule has 4 heteroatoms. The minimum absolute atomic E-state index is 0.0878. The molecule has 4 aromatic rings. The van der Waals surface area contributed by atoms with Crippen molar-refractivity contribution in [1.29, 1.82) is 0 Å². The third-order valence-electron chi connectivity index (χ3n) is 4.31. The van der Waals surface area contributed by atoms with Crippen LogP contribution < -0.4 is 5.32 Å². The molecule has 2 aromatic carbocycles. The van der Waals surface area contributed by atoms with Crippen molar-refractivity contribution in [2.24, 2.45) is 0 Å². The molecule has 0 bridgehead atoms. The van der Waals surface area contributed by atoms with Crippen molar-refractivity contribution in [2.75, 3.05) is 5.32 Å². The van der Waals surface area contributed by atoms with E-state index in [0.717, 1.165) is 32.4 Å². The molecule has 0 spiro atoms. The van der Waals surface area contributed by atoms with Crippen LogP contribution in [-0.4, -0.2) is 10.9 Å². The topological polar surface area (TPSA) is 42.0 Å². The maximum atomic E-state index is 12.6. The van der Waals surface area contributed by atoms with Gasteiger partial charge in [-0.05, 0) is 56.7 Å². The Labute approximate surface area is 150 Å². The van der Waals surface area contributed by atoms with Crippen LogP contribution in [0.1, 0.15) is 26.4 Å². The standard InChI is InChI=1S/C21H18N2OS/c1-12-4-6-17(14(3)8-12)22-20(24)19-11-16-10-15-9-13(2)5-7-18(15)23-21(16)25-19/h4-11H,1-3H3,(H,22,24). The van der Waals surface area contributed by atoms with Crippen molar-refractivity contribution < 1.29 is 4.79 Å². The van der Waals surface area contributed by atoms with Crippen molar-refractivity contribution in [2.45, 2.75) is 20.8 Å². The van der Waals surface area contributed by atoms with Gasteiger partial charge in [-0.25, -0.2) is 4.98 Å². The van der Waals surface area contributed by atoms with Crippen molar-refractivity contribution >= 4 is 44.1 Å². The molecule has 0 unspecified atom stereocenters. The van der Waals surface area contributed by atoms with Crippen molar-refractivity contribution in [3.63, 3.8) is 0 Å². The summed E-state index contributed by atoms with van der Waals surface area (Å²) in [6.07, 6.45) is 0. The number of aromatic nitrogens is 1. The van der Waals surface area contributed by atoms with Gasteiger partial charge in [-0.3, -0.25) is 4.79 Å². The van der Waals surface area contributed by atoms with Crippen LogP contribution in [0, 0.1) is 20.8 Å². The van der Waals surface area contributed by atoms with E-state index in [1.165, 1.54) is 22.5 Å². The van der Waals surface area contributed by atoms with Gasteiger partial charge >= 0.3 is 0 Å². The minimum Gasteiger partial charge on any atom is -0.321 e. The Morgan fingerprint density at radius 1 is 0.920 bits per heavy atom. The van der Waals surface area contributed by atoms with E-state index < -0.39 is 0 Å². The highest BCUT2D eigenvalue weighted by molar-refractivity contribution is 7.20. The van der Waals surface area contributed by atoms with E-state index in [2.05, 4.69) is 36.5 Å². The molecular formula is C21H18N2OS. The summed E-state index contributed by atoms with van der Waals surface area (Å²) in [5.74, 6) is -0.0878. The summed E-state index contributed by atoms with van der Waals surface area (Å²) in [5, 5.41) is 5.12. The zero-order valence-corrected chi connectivity index (χ0v) is 15.2. The van der Waals surface area contributed by atoms with Crippen LogP contribution >= 0.6 is 11.3 Å². The number of rotatable bonds is 2. The molecule has 0 aliphatic carbocycles. The van der Waals surface area contributed by atoms with Gasteiger partial charge in [0.2, 0.25) is 0 Å². The highest BCUT2D eigenvalue weighted by atomic mass is 32.1. The number of carbonyl (C=O) groups is 1. The fraction of sp³-hybridized carbons (Fsp3) is 0.143. The van der Waals surface area contributed by atoms with Gasteiger partial charge in [0, 0.05) is 16.5 Å². The van der Waals surface area contributed by atoms with E-state index in [1.807, 2.05) is 38.1 Å². The fourth-order valence-corrected chi connectivity index (χ4v) is 3.92. The van der Waals surface area contributed by atoms with Gasteiger partial charge in [-0.15, -0.1) is 11.3 Å². The Kier molecular flexibility index (Phi) is 3.77. The largest absolute Gasteiger partial charge is 0.321 e. The van der Waals surface area contributed by atoms with Crippen LogP contribution in [0.15, 0.2) is 48.5 Å². The van der Waals surface area contributed by atoms with Gasteiger partial charge in [-0.1, -0.05) is 29.3 Å². The smallest absolute Gasteiger partial charge is 0.265 e. The summed E-state index contributed by atoms with van der Waals surface area (Å²) in [5.41, 5.74) is 5.26. The summed E-state index contributed by atoms with van der Waals surface area (Å²) in [6, 6.07) is 16.3. The summed E-state index contributed by atoms with van der Waals surface area (Å²) < 4.78 is 0. The first-order valence-corrected chi connectivity index (χ1v) is 9.01. The lowest BCUT2D eigenvalue weighted by Crippen LogP contribution is -2.11. The number of pyridine rings is 1. The summed E-state index contributed by atoms with van der Waals surface area (Å²) in [6.45, 7) is 6.12. The van der Waals surface area contributed by atoms with E-state index in [1.54, 1.807) is 0 Å². The van der Waals surface area contributed by atoms with Gasteiger partial charge in [0.25, 0.3) is 5.91 Å². The first-order valence-electron chi connectivity index (χ1n) is 8.19. The molecule has 0 fully saturated rings.